The molecule has 0 aromatic heterocycles. The summed E-state index contributed by atoms with van der Waals surface area (Å²) in [6.45, 7) is 0.131. The Morgan fingerprint density at radius 2 is 1.92 bits per heavy atom. The molecule has 1 amide bonds. The van der Waals surface area contributed by atoms with Gasteiger partial charge in [-0.25, -0.2) is 0 Å². The van der Waals surface area contributed by atoms with Gasteiger partial charge in [0.05, 0.1) is 5.02 Å². The van der Waals surface area contributed by atoms with Crippen LogP contribution in [0.4, 0.5) is 0 Å². The second-order valence-corrected chi connectivity index (χ2v) is 6.07. The lowest BCUT2D eigenvalue weighted by Gasteiger charge is -2.13. The first-order valence-electron chi connectivity index (χ1n) is 7.16. The zero-order chi connectivity index (χ0) is 18.4. The summed E-state index contributed by atoms with van der Waals surface area (Å²) in [4.78, 5) is 16.8. The lowest BCUT2D eigenvalue weighted by atomic mass is 10.0. The average molecular weight is 402 g/mol. The van der Waals surface area contributed by atoms with E-state index in [1.54, 1.807) is 18.2 Å². The largest absolute Gasteiger partial charge is 0.487 e. The zero-order valence-corrected chi connectivity index (χ0v) is 15.7. The van der Waals surface area contributed by atoms with Gasteiger partial charge in [0.2, 0.25) is 0 Å². The SMILES string of the molecule is CNC(=O)C(=NOC)c1ccccc1COc1cc(Cl)cc(Cl)c1Cl. The number of nitrogens with one attached hydrogen (secondary N) is 1. The number of amides is 1. The van der Waals surface area contributed by atoms with Crippen LogP contribution in [0.25, 0.3) is 0 Å². The first kappa shape index (κ1) is 19.4. The maximum Gasteiger partial charge on any atom is 0.273 e. The first-order chi connectivity index (χ1) is 12.0. The summed E-state index contributed by atoms with van der Waals surface area (Å²) in [5.41, 5.74) is 1.43. The van der Waals surface area contributed by atoms with E-state index in [0.29, 0.717) is 26.9 Å². The van der Waals surface area contributed by atoms with E-state index in [0.717, 1.165) is 0 Å². The predicted molar refractivity (Wildman–Crippen MR) is 99.9 cm³/mol. The zero-order valence-electron chi connectivity index (χ0n) is 13.5. The minimum absolute atomic E-state index is 0.131. The molecule has 0 unspecified atom stereocenters. The van der Waals surface area contributed by atoms with E-state index >= 15 is 0 Å². The third kappa shape index (κ3) is 4.78. The Balaban J connectivity index is 2.33. The molecule has 0 bridgehead atoms. The molecule has 0 heterocycles. The van der Waals surface area contributed by atoms with Crippen LogP contribution in [0.1, 0.15) is 11.1 Å². The number of benzene rings is 2. The van der Waals surface area contributed by atoms with E-state index in [1.165, 1.54) is 20.2 Å². The Labute approximate surface area is 160 Å². The quantitative estimate of drug-likeness (QED) is 0.445. The molecule has 0 saturated heterocycles. The summed E-state index contributed by atoms with van der Waals surface area (Å²) in [6, 6.07) is 10.3. The molecule has 0 fully saturated rings. The molecule has 25 heavy (non-hydrogen) atoms. The van der Waals surface area contributed by atoms with Gasteiger partial charge in [0, 0.05) is 23.7 Å². The molecule has 0 saturated carbocycles. The number of hydrogen-bond donors (Lipinski definition) is 1. The number of carbonyl (C=O) groups is 1. The lowest BCUT2D eigenvalue weighted by molar-refractivity contribution is -0.114. The van der Waals surface area contributed by atoms with Crippen LogP contribution in [0.15, 0.2) is 41.6 Å². The van der Waals surface area contributed by atoms with E-state index < -0.39 is 0 Å². The van der Waals surface area contributed by atoms with Crippen LogP contribution in [0.5, 0.6) is 5.75 Å². The number of halogens is 3. The van der Waals surface area contributed by atoms with Crippen molar-refractivity contribution in [3.8, 4) is 5.75 Å². The van der Waals surface area contributed by atoms with Crippen LogP contribution in [-0.4, -0.2) is 25.8 Å². The van der Waals surface area contributed by atoms with Gasteiger partial charge < -0.3 is 14.9 Å². The fourth-order valence-electron chi connectivity index (χ4n) is 2.09. The first-order valence-corrected chi connectivity index (χ1v) is 8.30. The minimum atomic E-state index is -0.377. The monoisotopic (exact) mass is 400 g/mol. The number of ether oxygens (including phenoxy) is 1. The molecule has 2 rings (SSSR count). The van der Waals surface area contributed by atoms with Crippen LogP contribution in [-0.2, 0) is 16.2 Å². The molecular weight excluding hydrogens is 387 g/mol. The third-order valence-electron chi connectivity index (χ3n) is 3.24. The van der Waals surface area contributed by atoms with E-state index in [9.17, 15) is 4.79 Å². The van der Waals surface area contributed by atoms with Crippen molar-refractivity contribution in [3.63, 3.8) is 0 Å². The molecular formula is C17H15Cl3N2O3. The molecule has 132 valence electrons. The second kappa shape index (κ2) is 8.94. The second-order valence-electron chi connectivity index (χ2n) is 4.85. The minimum Gasteiger partial charge on any atom is -0.487 e. The fourth-order valence-corrected chi connectivity index (χ4v) is 2.73. The molecule has 0 spiro atoms. The highest BCUT2D eigenvalue weighted by atomic mass is 35.5. The Hall–Kier alpha value is -1.95. The standard InChI is InChI=1S/C17H15Cl3N2O3/c1-21-17(23)16(22-24-2)12-6-4-3-5-10(12)9-25-14-8-11(18)7-13(19)15(14)20/h3-8H,9H2,1-2H3,(H,21,23). The van der Waals surface area contributed by atoms with Crippen molar-refractivity contribution in [2.45, 2.75) is 6.61 Å². The predicted octanol–water partition coefficient (Wildman–Crippen LogP) is 4.32. The number of nitrogens with zero attached hydrogens (tertiary/aromatic N) is 1. The van der Waals surface area contributed by atoms with Gasteiger partial charge in [0.1, 0.15) is 24.5 Å². The molecule has 0 aliphatic carbocycles. The highest BCUT2D eigenvalue weighted by molar-refractivity contribution is 6.45. The van der Waals surface area contributed by atoms with Gasteiger partial charge in [-0.3, -0.25) is 4.79 Å². The molecule has 2 aromatic rings. The van der Waals surface area contributed by atoms with Gasteiger partial charge in [-0.2, -0.15) is 0 Å². The van der Waals surface area contributed by atoms with Gasteiger partial charge in [-0.15, -0.1) is 0 Å². The van der Waals surface area contributed by atoms with E-state index in [2.05, 4.69) is 10.5 Å². The summed E-state index contributed by atoms with van der Waals surface area (Å²) < 4.78 is 5.74. The summed E-state index contributed by atoms with van der Waals surface area (Å²) in [5, 5.41) is 7.30. The van der Waals surface area contributed by atoms with E-state index in [-0.39, 0.29) is 23.2 Å². The molecule has 1 N–H and O–H groups in total. The van der Waals surface area contributed by atoms with Gasteiger partial charge >= 0.3 is 0 Å². The summed E-state index contributed by atoms with van der Waals surface area (Å²) in [6.07, 6.45) is 0. The van der Waals surface area contributed by atoms with Crippen molar-refractivity contribution in [1.82, 2.24) is 5.32 Å². The van der Waals surface area contributed by atoms with E-state index in [1.807, 2.05) is 12.1 Å². The topological polar surface area (TPSA) is 59.9 Å². The smallest absolute Gasteiger partial charge is 0.273 e. The molecule has 2 aromatic carbocycles. The molecule has 0 atom stereocenters. The average Bonchev–Trinajstić information content (AvgIpc) is 2.61. The van der Waals surface area contributed by atoms with E-state index in [4.69, 9.17) is 44.4 Å². The van der Waals surface area contributed by atoms with Crippen molar-refractivity contribution >= 4 is 46.4 Å². The van der Waals surface area contributed by atoms with Crippen molar-refractivity contribution in [2.24, 2.45) is 5.16 Å². The molecule has 0 aliphatic rings. The Kier molecular flexibility index (Phi) is 6.93. The third-order valence-corrected chi connectivity index (χ3v) is 4.24. The number of hydrogen-bond acceptors (Lipinski definition) is 4. The number of likely N-dealkylation sites (N-methyl/N-ethyl adjacent to an activating group) is 1. The normalized spacial score (nSPS) is 11.2. The number of oxime groups is 1. The van der Waals surface area contributed by atoms with Gasteiger partial charge in [0.15, 0.2) is 5.71 Å². The van der Waals surface area contributed by atoms with Gasteiger partial charge in [0.25, 0.3) is 5.91 Å². The van der Waals surface area contributed by atoms with Crippen LogP contribution in [0.2, 0.25) is 15.1 Å². The Morgan fingerprint density at radius 3 is 2.60 bits per heavy atom. The van der Waals surface area contributed by atoms with Crippen LogP contribution >= 0.6 is 34.8 Å². The Bertz CT molecular complexity index is 810. The van der Waals surface area contributed by atoms with Crippen LogP contribution < -0.4 is 10.1 Å². The van der Waals surface area contributed by atoms with Crippen molar-refractivity contribution in [2.75, 3.05) is 14.2 Å². The maximum atomic E-state index is 12.1. The number of carbonyl (C=O) groups excluding carboxylic acids is 1. The van der Waals surface area contributed by atoms with Crippen LogP contribution in [0.3, 0.4) is 0 Å². The molecule has 0 aliphatic heterocycles. The highest BCUT2D eigenvalue weighted by Gasteiger charge is 2.18. The highest BCUT2D eigenvalue weighted by Crippen LogP contribution is 2.35. The Morgan fingerprint density at radius 1 is 1.20 bits per heavy atom. The fraction of sp³-hybridized carbons (Fsp3) is 0.176. The van der Waals surface area contributed by atoms with Crippen LogP contribution in [0, 0.1) is 0 Å². The van der Waals surface area contributed by atoms with Crippen molar-refractivity contribution < 1.29 is 14.4 Å². The van der Waals surface area contributed by atoms with Crippen molar-refractivity contribution in [3.05, 3.63) is 62.6 Å². The molecule has 0 radical (unpaired) electrons. The maximum absolute atomic E-state index is 12.1. The van der Waals surface area contributed by atoms with Crippen molar-refractivity contribution in [1.29, 1.82) is 0 Å². The summed E-state index contributed by atoms with van der Waals surface area (Å²) in [7, 11) is 2.89. The molecule has 5 nitrogen and oxygen atoms in total. The molecule has 8 heteroatoms. The van der Waals surface area contributed by atoms with Gasteiger partial charge in [-0.1, -0.05) is 64.2 Å². The van der Waals surface area contributed by atoms with Gasteiger partial charge in [-0.05, 0) is 11.6 Å². The summed E-state index contributed by atoms with van der Waals surface area (Å²) >= 11 is 18.1. The number of rotatable bonds is 6. The lowest BCUT2D eigenvalue weighted by Crippen LogP contribution is -2.29. The summed E-state index contributed by atoms with van der Waals surface area (Å²) in [5.74, 6) is -0.0303.